The van der Waals surface area contributed by atoms with E-state index in [1.807, 2.05) is 42.5 Å². The molecule has 0 radical (unpaired) electrons. The number of halogens is 3. The Labute approximate surface area is 183 Å². The minimum absolute atomic E-state index is 0.0617. The van der Waals surface area contributed by atoms with Crippen molar-refractivity contribution in [2.24, 2.45) is 5.92 Å². The first kappa shape index (κ1) is 22.3. The van der Waals surface area contributed by atoms with Crippen LogP contribution in [0.5, 0.6) is 0 Å². The van der Waals surface area contributed by atoms with Crippen LogP contribution in [0.25, 0.3) is 10.8 Å². The molecule has 3 aromatic rings. The van der Waals surface area contributed by atoms with Crippen molar-refractivity contribution in [3.63, 3.8) is 0 Å². The smallest absolute Gasteiger partial charge is 0.325 e. The summed E-state index contributed by atoms with van der Waals surface area (Å²) in [6, 6.07) is 17.0. The lowest BCUT2D eigenvalue weighted by molar-refractivity contribution is -0.137. The van der Waals surface area contributed by atoms with Crippen molar-refractivity contribution in [3.8, 4) is 0 Å². The van der Waals surface area contributed by atoms with Gasteiger partial charge < -0.3 is 5.32 Å². The van der Waals surface area contributed by atoms with Crippen molar-refractivity contribution in [1.29, 1.82) is 0 Å². The molecule has 0 aliphatic carbocycles. The van der Waals surface area contributed by atoms with Crippen molar-refractivity contribution >= 4 is 32.4 Å². The molecule has 0 atom stereocenters. The Morgan fingerprint density at radius 1 is 0.938 bits per heavy atom. The van der Waals surface area contributed by atoms with Gasteiger partial charge in [-0.1, -0.05) is 42.5 Å². The predicted molar refractivity (Wildman–Crippen MR) is 116 cm³/mol. The predicted octanol–water partition coefficient (Wildman–Crippen LogP) is 4.90. The molecule has 1 amide bonds. The lowest BCUT2D eigenvalue weighted by atomic mass is 9.97. The van der Waals surface area contributed by atoms with Crippen molar-refractivity contribution in [2.75, 3.05) is 18.4 Å². The van der Waals surface area contributed by atoms with Crippen molar-refractivity contribution in [1.82, 2.24) is 4.31 Å². The Morgan fingerprint density at radius 2 is 1.59 bits per heavy atom. The van der Waals surface area contributed by atoms with Gasteiger partial charge in [-0.15, -0.1) is 0 Å². The lowest BCUT2D eigenvalue weighted by Gasteiger charge is -2.30. The molecule has 168 valence electrons. The molecule has 0 saturated carbocycles. The highest BCUT2D eigenvalue weighted by molar-refractivity contribution is 7.89. The Bertz CT molecular complexity index is 1250. The first-order chi connectivity index (χ1) is 15.2. The second kappa shape index (κ2) is 8.55. The first-order valence-electron chi connectivity index (χ1n) is 10.1. The van der Waals surface area contributed by atoms with E-state index in [1.54, 1.807) is 0 Å². The fourth-order valence-electron chi connectivity index (χ4n) is 3.91. The summed E-state index contributed by atoms with van der Waals surface area (Å²) >= 11 is 0. The van der Waals surface area contributed by atoms with Gasteiger partial charge in [0.15, 0.2) is 0 Å². The van der Waals surface area contributed by atoms with Gasteiger partial charge in [0.1, 0.15) is 0 Å². The molecule has 1 N–H and O–H groups in total. The van der Waals surface area contributed by atoms with E-state index in [9.17, 15) is 26.4 Å². The summed E-state index contributed by atoms with van der Waals surface area (Å²) in [6.07, 6.45) is -4.05. The third-order valence-electron chi connectivity index (χ3n) is 5.67. The highest BCUT2D eigenvalue weighted by Crippen LogP contribution is 2.32. The minimum atomic E-state index is -4.63. The van der Waals surface area contributed by atoms with Crippen LogP contribution in [0.2, 0.25) is 0 Å². The van der Waals surface area contributed by atoms with Gasteiger partial charge in [0.25, 0.3) is 0 Å². The molecule has 4 rings (SSSR count). The van der Waals surface area contributed by atoms with Gasteiger partial charge >= 0.3 is 6.18 Å². The van der Waals surface area contributed by atoms with Crippen LogP contribution in [0, 0.1) is 5.92 Å². The maximum atomic E-state index is 13.0. The zero-order chi connectivity index (χ0) is 22.9. The Morgan fingerprint density at radius 3 is 2.31 bits per heavy atom. The summed E-state index contributed by atoms with van der Waals surface area (Å²) in [5.41, 5.74) is -0.324. The number of amides is 1. The number of benzene rings is 3. The topological polar surface area (TPSA) is 66.5 Å². The SMILES string of the molecule is O=C(Nc1cccc2ccccc12)C1CCN(S(=O)(=O)c2cccc(C(F)(F)F)c2)CC1. The number of nitrogens with one attached hydrogen (secondary N) is 1. The molecule has 1 heterocycles. The van der Waals surface area contributed by atoms with Gasteiger partial charge in [-0.25, -0.2) is 8.42 Å². The molecule has 0 unspecified atom stereocenters. The number of carbonyl (C=O) groups is 1. The maximum absolute atomic E-state index is 13.0. The van der Waals surface area contributed by atoms with Gasteiger partial charge in [-0.05, 0) is 42.5 Å². The molecule has 0 aromatic heterocycles. The molecule has 5 nitrogen and oxygen atoms in total. The minimum Gasteiger partial charge on any atom is -0.325 e. The highest BCUT2D eigenvalue weighted by atomic mass is 32.2. The van der Waals surface area contributed by atoms with Gasteiger partial charge in [0.2, 0.25) is 15.9 Å². The summed E-state index contributed by atoms with van der Waals surface area (Å²) in [4.78, 5) is 12.4. The zero-order valence-corrected chi connectivity index (χ0v) is 17.8. The molecule has 1 aliphatic rings. The average molecular weight is 462 g/mol. The number of piperidine rings is 1. The van der Waals surface area contributed by atoms with Crippen LogP contribution in [0.4, 0.5) is 18.9 Å². The fourth-order valence-corrected chi connectivity index (χ4v) is 5.43. The number of carbonyl (C=O) groups excluding carboxylic acids is 1. The number of hydrogen-bond acceptors (Lipinski definition) is 3. The van der Waals surface area contributed by atoms with Crippen LogP contribution < -0.4 is 5.32 Å². The van der Waals surface area contributed by atoms with Crippen LogP contribution in [0.3, 0.4) is 0 Å². The van der Waals surface area contributed by atoms with E-state index in [2.05, 4.69) is 5.32 Å². The number of rotatable bonds is 4. The number of fused-ring (bicyclic) bond motifs is 1. The molecule has 32 heavy (non-hydrogen) atoms. The summed E-state index contributed by atoms with van der Waals surface area (Å²) in [5.74, 6) is -0.584. The fraction of sp³-hybridized carbons (Fsp3) is 0.261. The Balaban J connectivity index is 1.44. The van der Waals surface area contributed by atoms with E-state index in [-0.39, 0.29) is 37.8 Å². The second-order valence-electron chi connectivity index (χ2n) is 7.72. The monoisotopic (exact) mass is 462 g/mol. The number of sulfonamides is 1. The van der Waals surface area contributed by atoms with E-state index in [1.165, 1.54) is 0 Å². The Hall–Kier alpha value is -2.91. The van der Waals surface area contributed by atoms with E-state index in [0.717, 1.165) is 33.3 Å². The maximum Gasteiger partial charge on any atom is 0.416 e. The number of hydrogen-bond donors (Lipinski definition) is 1. The van der Waals surface area contributed by atoms with E-state index in [0.29, 0.717) is 11.8 Å². The Kier molecular flexibility index (Phi) is 5.96. The average Bonchev–Trinajstić information content (AvgIpc) is 2.79. The van der Waals surface area contributed by atoms with Gasteiger partial charge in [0.05, 0.1) is 10.5 Å². The number of alkyl halides is 3. The van der Waals surface area contributed by atoms with E-state index in [4.69, 9.17) is 0 Å². The normalized spacial score (nSPS) is 16.2. The van der Waals surface area contributed by atoms with Crippen LogP contribution in [0.1, 0.15) is 18.4 Å². The molecular weight excluding hydrogens is 441 g/mol. The van der Waals surface area contributed by atoms with Crippen LogP contribution in [0.15, 0.2) is 71.6 Å². The van der Waals surface area contributed by atoms with E-state index < -0.39 is 26.7 Å². The molecular formula is C23H21F3N2O3S. The molecule has 0 bridgehead atoms. The largest absolute Gasteiger partial charge is 0.416 e. The summed E-state index contributed by atoms with van der Waals surface area (Å²) < 4.78 is 65.7. The highest BCUT2D eigenvalue weighted by Gasteiger charge is 2.35. The molecule has 9 heteroatoms. The van der Waals surface area contributed by atoms with Crippen molar-refractivity contribution in [3.05, 3.63) is 72.3 Å². The standard InChI is InChI=1S/C23H21F3N2O3S/c24-23(25,26)18-7-4-8-19(15-18)32(30,31)28-13-11-17(12-14-28)22(29)27-21-10-3-6-16-5-1-2-9-20(16)21/h1-10,15,17H,11-14H2,(H,27,29). The molecule has 0 spiro atoms. The quantitative estimate of drug-likeness (QED) is 0.600. The second-order valence-corrected chi connectivity index (χ2v) is 9.66. The first-order valence-corrected chi connectivity index (χ1v) is 11.6. The van der Waals surface area contributed by atoms with Crippen molar-refractivity contribution < 1.29 is 26.4 Å². The number of nitrogens with zero attached hydrogens (tertiary/aromatic N) is 1. The molecule has 1 aliphatic heterocycles. The molecule has 1 saturated heterocycles. The van der Waals surface area contributed by atoms with Crippen LogP contribution in [-0.4, -0.2) is 31.7 Å². The lowest BCUT2D eigenvalue weighted by Crippen LogP contribution is -2.41. The zero-order valence-electron chi connectivity index (χ0n) is 17.0. The van der Waals surface area contributed by atoms with Gasteiger partial charge in [-0.3, -0.25) is 4.79 Å². The summed E-state index contributed by atoms with van der Waals surface area (Å²) in [6.45, 7) is 0.123. The molecule has 1 fully saturated rings. The third-order valence-corrected chi connectivity index (χ3v) is 7.57. The van der Waals surface area contributed by atoms with Crippen molar-refractivity contribution in [2.45, 2.75) is 23.9 Å². The van der Waals surface area contributed by atoms with Crippen LogP contribution >= 0.6 is 0 Å². The van der Waals surface area contributed by atoms with Gasteiger partial charge in [0, 0.05) is 30.1 Å². The summed E-state index contributed by atoms with van der Waals surface area (Å²) in [7, 11) is -4.08. The summed E-state index contributed by atoms with van der Waals surface area (Å²) in [5, 5.41) is 4.84. The van der Waals surface area contributed by atoms with E-state index >= 15 is 0 Å². The van der Waals surface area contributed by atoms with Gasteiger partial charge in [-0.2, -0.15) is 17.5 Å². The number of anilines is 1. The van der Waals surface area contributed by atoms with Crippen LogP contribution in [-0.2, 0) is 21.0 Å². The molecule has 3 aromatic carbocycles. The third kappa shape index (κ3) is 4.49.